The lowest BCUT2D eigenvalue weighted by molar-refractivity contribution is -0.138. The maximum absolute atomic E-state index is 12.1. The SMILES string of the molecule is COC(=O)/C=C(/Nc1ccc(C(C)(C)C)cc1-c1ccccc1)C(=O)OC. The fourth-order valence-electron chi connectivity index (χ4n) is 2.55. The summed E-state index contributed by atoms with van der Waals surface area (Å²) in [5.41, 5.74) is 3.73. The number of esters is 2. The molecule has 2 aromatic rings. The van der Waals surface area contributed by atoms with E-state index >= 15 is 0 Å². The first-order chi connectivity index (χ1) is 12.8. The van der Waals surface area contributed by atoms with Crippen LogP contribution in [0.1, 0.15) is 26.3 Å². The van der Waals surface area contributed by atoms with Gasteiger partial charge in [-0.15, -0.1) is 0 Å². The van der Waals surface area contributed by atoms with Gasteiger partial charge in [0.1, 0.15) is 5.70 Å². The van der Waals surface area contributed by atoms with Gasteiger partial charge in [-0.05, 0) is 28.7 Å². The van der Waals surface area contributed by atoms with Gasteiger partial charge in [-0.2, -0.15) is 0 Å². The van der Waals surface area contributed by atoms with E-state index in [0.717, 1.165) is 22.8 Å². The molecule has 0 aliphatic carbocycles. The first-order valence-electron chi connectivity index (χ1n) is 8.61. The van der Waals surface area contributed by atoms with Crippen molar-refractivity contribution in [3.8, 4) is 11.1 Å². The van der Waals surface area contributed by atoms with E-state index in [-0.39, 0.29) is 11.1 Å². The van der Waals surface area contributed by atoms with Gasteiger partial charge in [-0.3, -0.25) is 0 Å². The number of hydrogen-bond donors (Lipinski definition) is 1. The van der Waals surface area contributed by atoms with Crippen molar-refractivity contribution >= 4 is 17.6 Å². The summed E-state index contributed by atoms with van der Waals surface area (Å²) < 4.78 is 9.40. The minimum Gasteiger partial charge on any atom is -0.466 e. The van der Waals surface area contributed by atoms with Gasteiger partial charge in [0.25, 0.3) is 0 Å². The van der Waals surface area contributed by atoms with Crippen molar-refractivity contribution in [3.63, 3.8) is 0 Å². The summed E-state index contributed by atoms with van der Waals surface area (Å²) in [6.45, 7) is 6.42. The van der Waals surface area contributed by atoms with E-state index in [9.17, 15) is 9.59 Å². The summed E-state index contributed by atoms with van der Waals surface area (Å²) in [5.74, 6) is -1.30. The van der Waals surface area contributed by atoms with E-state index in [1.165, 1.54) is 14.2 Å². The van der Waals surface area contributed by atoms with Crippen LogP contribution in [0.2, 0.25) is 0 Å². The molecule has 0 aliphatic heterocycles. The number of nitrogens with one attached hydrogen (secondary N) is 1. The lowest BCUT2D eigenvalue weighted by Crippen LogP contribution is -2.16. The van der Waals surface area contributed by atoms with Crippen molar-refractivity contribution in [2.45, 2.75) is 26.2 Å². The Morgan fingerprint density at radius 2 is 1.63 bits per heavy atom. The van der Waals surface area contributed by atoms with Gasteiger partial charge < -0.3 is 14.8 Å². The van der Waals surface area contributed by atoms with Crippen LogP contribution in [0.15, 0.2) is 60.3 Å². The molecule has 0 amide bonds. The molecule has 0 spiro atoms. The Balaban J connectivity index is 2.56. The maximum atomic E-state index is 12.1. The highest BCUT2D eigenvalue weighted by molar-refractivity contribution is 5.99. The van der Waals surface area contributed by atoms with E-state index < -0.39 is 11.9 Å². The first kappa shape index (κ1) is 20.2. The summed E-state index contributed by atoms with van der Waals surface area (Å²) in [5, 5.41) is 3.03. The minimum atomic E-state index is -0.653. The van der Waals surface area contributed by atoms with E-state index in [2.05, 4.69) is 36.9 Å². The Morgan fingerprint density at radius 3 is 2.19 bits per heavy atom. The van der Waals surface area contributed by atoms with Crippen molar-refractivity contribution in [2.75, 3.05) is 19.5 Å². The van der Waals surface area contributed by atoms with Gasteiger partial charge in [0.2, 0.25) is 0 Å². The molecule has 0 atom stereocenters. The summed E-state index contributed by atoms with van der Waals surface area (Å²) >= 11 is 0. The molecule has 0 fully saturated rings. The van der Waals surface area contributed by atoms with Crippen LogP contribution in [0.25, 0.3) is 11.1 Å². The molecule has 0 aliphatic rings. The Bertz CT molecular complexity index is 848. The molecule has 0 bridgehead atoms. The quantitative estimate of drug-likeness (QED) is 0.631. The third kappa shape index (κ3) is 5.20. The fraction of sp³-hybridized carbons (Fsp3) is 0.273. The van der Waals surface area contributed by atoms with Crippen molar-refractivity contribution in [1.29, 1.82) is 0 Å². The summed E-state index contributed by atoms with van der Waals surface area (Å²) in [4.78, 5) is 23.7. The molecule has 27 heavy (non-hydrogen) atoms. The van der Waals surface area contributed by atoms with Crippen LogP contribution in [0, 0.1) is 0 Å². The van der Waals surface area contributed by atoms with E-state index in [1.807, 2.05) is 42.5 Å². The Kier molecular flexibility index (Phi) is 6.40. The molecule has 0 heterocycles. The largest absolute Gasteiger partial charge is 0.466 e. The average molecular weight is 367 g/mol. The van der Waals surface area contributed by atoms with E-state index in [4.69, 9.17) is 4.74 Å². The maximum Gasteiger partial charge on any atom is 0.354 e. The molecule has 0 radical (unpaired) electrons. The van der Waals surface area contributed by atoms with Crippen LogP contribution >= 0.6 is 0 Å². The highest BCUT2D eigenvalue weighted by Gasteiger charge is 2.19. The van der Waals surface area contributed by atoms with Gasteiger partial charge in [0.05, 0.1) is 20.3 Å². The molecule has 5 heteroatoms. The normalized spacial score (nSPS) is 11.7. The molecule has 0 saturated heterocycles. The highest BCUT2D eigenvalue weighted by atomic mass is 16.5. The van der Waals surface area contributed by atoms with Crippen LogP contribution in [-0.4, -0.2) is 26.2 Å². The number of carbonyl (C=O) groups excluding carboxylic acids is 2. The number of anilines is 1. The molecular weight excluding hydrogens is 342 g/mol. The lowest BCUT2D eigenvalue weighted by Gasteiger charge is -2.22. The number of benzene rings is 2. The second-order valence-corrected chi connectivity index (χ2v) is 7.07. The van der Waals surface area contributed by atoms with E-state index in [0.29, 0.717) is 5.69 Å². The van der Waals surface area contributed by atoms with Crippen LogP contribution in [-0.2, 0) is 24.5 Å². The minimum absolute atomic E-state index is 0.00467. The molecular formula is C22H25NO4. The summed E-state index contributed by atoms with van der Waals surface area (Å²) in [6.07, 6.45) is 1.08. The average Bonchev–Trinajstić information content (AvgIpc) is 2.66. The zero-order valence-corrected chi connectivity index (χ0v) is 16.3. The zero-order valence-electron chi connectivity index (χ0n) is 16.3. The first-order valence-corrected chi connectivity index (χ1v) is 8.61. The van der Waals surface area contributed by atoms with Crippen LogP contribution in [0.5, 0.6) is 0 Å². The lowest BCUT2D eigenvalue weighted by atomic mass is 9.85. The van der Waals surface area contributed by atoms with Crippen molar-refractivity contribution < 1.29 is 19.1 Å². The topological polar surface area (TPSA) is 64.6 Å². The smallest absolute Gasteiger partial charge is 0.354 e. The Morgan fingerprint density at radius 1 is 0.963 bits per heavy atom. The van der Waals surface area contributed by atoms with Crippen LogP contribution in [0.3, 0.4) is 0 Å². The molecule has 1 N–H and O–H groups in total. The standard InChI is InChI=1S/C22H25NO4/c1-22(2,3)16-11-12-18(17(13-16)15-9-7-6-8-10-15)23-19(21(25)27-5)14-20(24)26-4/h6-14,23H,1-5H3/b19-14+. The van der Waals surface area contributed by atoms with Gasteiger partial charge in [0.15, 0.2) is 0 Å². The number of carbonyl (C=O) groups is 2. The van der Waals surface area contributed by atoms with Crippen LogP contribution in [0.4, 0.5) is 5.69 Å². The van der Waals surface area contributed by atoms with Gasteiger partial charge in [0, 0.05) is 11.3 Å². The Hall–Kier alpha value is -3.08. The zero-order chi connectivity index (χ0) is 20.0. The fourth-order valence-corrected chi connectivity index (χ4v) is 2.55. The Labute approximate surface area is 160 Å². The number of hydrogen-bond acceptors (Lipinski definition) is 5. The highest BCUT2D eigenvalue weighted by Crippen LogP contribution is 2.34. The monoisotopic (exact) mass is 367 g/mol. The van der Waals surface area contributed by atoms with Crippen molar-refractivity contribution in [3.05, 3.63) is 65.9 Å². The number of ether oxygens (including phenoxy) is 2. The number of rotatable bonds is 5. The molecule has 0 unspecified atom stereocenters. The van der Waals surface area contributed by atoms with Gasteiger partial charge in [-0.25, -0.2) is 9.59 Å². The molecule has 142 valence electrons. The van der Waals surface area contributed by atoms with Gasteiger partial charge in [-0.1, -0.05) is 57.2 Å². The number of methoxy groups -OCH3 is 2. The second-order valence-electron chi connectivity index (χ2n) is 7.07. The van der Waals surface area contributed by atoms with E-state index in [1.54, 1.807) is 0 Å². The van der Waals surface area contributed by atoms with Crippen molar-refractivity contribution in [2.24, 2.45) is 0 Å². The summed E-state index contributed by atoms with van der Waals surface area (Å²) in [6, 6.07) is 15.8. The molecule has 0 aromatic heterocycles. The predicted octanol–water partition coefficient (Wildman–Crippen LogP) is 4.29. The summed E-state index contributed by atoms with van der Waals surface area (Å²) in [7, 11) is 2.51. The third-order valence-corrected chi connectivity index (χ3v) is 4.11. The van der Waals surface area contributed by atoms with Crippen molar-refractivity contribution in [1.82, 2.24) is 0 Å². The third-order valence-electron chi connectivity index (χ3n) is 4.11. The molecule has 2 aromatic carbocycles. The molecule has 0 saturated carbocycles. The molecule has 2 rings (SSSR count). The van der Waals surface area contributed by atoms with Gasteiger partial charge >= 0.3 is 11.9 Å². The van der Waals surface area contributed by atoms with Crippen LogP contribution < -0.4 is 5.32 Å². The molecule has 5 nitrogen and oxygen atoms in total. The second kappa shape index (κ2) is 8.54. The predicted molar refractivity (Wildman–Crippen MR) is 106 cm³/mol.